The lowest BCUT2D eigenvalue weighted by molar-refractivity contribution is -0.142. The number of aliphatic hydroxyl groups is 1. The topological polar surface area (TPSA) is 122 Å². The Labute approximate surface area is 211 Å². The molecule has 1 saturated carbocycles. The van der Waals surface area contributed by atoms with Gasteiger partial charge in [-0.1, -0.05) is 25.3 Å². The average molecular weight is 495 g/mol. The summed E-state index contributed by atoms with van der Waals surface area (Å²) in [6.07, 6.45) is 6.83. The first-order valence-corrected chi connectivity index (χ1v) is 12.9. The van der Waals surface area contributed by atoms with Crippen LogP contribution >= 0.6 is 0 Å². The van der Waals surface area contributed by atoms with Crippen molar-refractivity contribution in [1.29, 1.82) is 0 Å². The van der Waals surface area contributed by atoms with Crippen LogP contribution in [0, 0.1) is 0 Å². The zero-order valence-corrected chi connectivity index (χ0v) is 20.3. The summed E-state index contributed by atoms with van der Waals surface area (Å²) in [5.41, 5.74) is 2.45. The molecule has 5 rings (SSSR count). The van der Waals surface area contributed by atoms with Crippen molar-refractivity contribution in [2.24, 2.45) is 0 Å². The summed E-state index contributed by atoms with van der Waals surface area (Å²) >= 11 is 0. The van der Waals surface area contributed by atoms with Crippen LogP contribution in [0.15, 0.2) is 42.6 Å². The molecule has 1 aliphatic carbocycles. The first-order valence-electron chi connectivity index (χ1n) is 12.9. The van der Waals surface area contributed by atoms with Gasteiger partial charge in [0, 0.05) is 29.4 Å². The van der Waals surface area contributed by atoms with Crippen LogP contribution in [0.3, 0.4) is 0 Å². The molecule has 2 fully saturated rings. The Kier molecular flexibility index (Phi) is 7.67. The Hall–Kier alpha value is -3.17. The molecule has 36 heavy (non-hydrogen) atoms. The lowest BCUT2D eigenvalue weighted by Gasteiger charge is -2.37. The van der Waals surface area contributed by atoms with E-state index in [2.05, 4.69) is 20.9 Å². The fourth-order valence-corrected chi connectivity index (χ4v) is 5.54. The molecule has 3 amide bonds. The normalized spacial score (nSPS) is 25.2. The number of anilines is 1. The summed E-state index contributed by atoms with van der Waals surface area (Å²) in [5.74, 6) is 0.558. The van der Waals surface area contributed by atoms with Gasteiger partial charge in [-0.15, -0.1) is 0 Å². The lowest BCUT2D eigenvalue weighted by Crippen LogP contribution is -2.47. The number of fused-ring (bicyclic) bond motifs is 3. The van der Waals surface area contributed by atoms with E-state index in [0.29, 0.717) is 18.7 Å². The van der Waals surface area contributed by atoms with E-state index in [4.69, 9.17) is 9.47 Å². The SMILES string of the molecule is O=C(C[C@H]1C[C@@H]2c3cc(NC(=O)NC4CCCCC4)ccc3O[C@@H]2[C@H](CO)O1)NCc1ccccn1. The van der Waals surface area contributed by atoms with Gasteiger partial charge < -0.3 is 30.5 Å². The zero-order chi connectivity index (χ0) is 24.9. The number of nitrogens with zero attached hydrogens (tertiary/aromatic N) is 1. The number of hydrogen-bond donors (Lipinski definition) is 4. The summed E-state index contributed by atoms with van der Waals surface area (Å²) in [6.45, 7) is 0.155. The molecule has 3 aliphatic rings. The molecule has 1 saturated heterocycles. The Morgan fingerprint density at radius 3 is 2.75 bits per heavy atom. The van der Waals surface area contributed by atoms with Gasteiger partial charge in [0.1, 0.15) is 18.0 Å². The maximum Gasteiger partial charge on any atom is 0.319 e. The molecular weight excluding hydrogens is 460 g/mol. The van der Waals surface area contributed by atoms with Crippen molar-refractivity contribution in [2.75, 3.05) is 11.9 Å². The maximum atomic E-state index is 12.6. The van der Waals surface area contributed by atoms with Gasteiger partial charge in [-0.3, -0.25) is 9.78 Å². The van der Waals surface area contributed by atoms with Crippen molar-refractivity contribution in [3.05, 3.63) is 53.9 Å². The molecule has 1 aromatic heterocycles. The van der Waals surface area contributed by atoms with Crippen molar-refractivity contribution in [3.63, 3.8) is 0 Å². The molecule has 2 aliphatic heterocycles. The van der Waals surface area contributed by atoms with Crippen LogP contribution in [-0.4, -0.2) is 53.0 Å². The van der Waals surface area contributed by atoms with Crippen LogP contribution in [0.5, 0.6) is 5.75 Å². The molecule has 0 spiro atoms. The lowest BCUT2D eigenvalue weighted by atomic mass is 9.84. The number of hydrogen-bond acceptors (Lipinski definition) is 6. The molecule has 4 atom stereocenters. The van der Waals surface area contributed by atoms with E-state index in [1.807, 2.05) is 36.4 Å². The van der Waals surface area contributed by atoms with Crippen molar-refractivity contribution < 1.29 is 24.2 Å². The maximum absolute atomic E-state index is 12.6. The summed E-state index contributed by atoms with van der Waals surface area (Å²) < 4.78 is 12.2. The first-order chi connectivity index (χ1) is 17.6. The summed E-state index contributed by atoms with van der Waals surface area (Å²) in [7, 11) is 0. The van der Waals surface area contributed by atoms with Crippen molar-refractivity contribution in [3.8, 4) is 5.75 Å². The molecule has 3 heterocycles. The smallest absolute Gasteiger partial charge is 0.319 e. The molecule has 0 unspecified atom stereocenters. The number of amides is 3. The highest BCUT2D eigenvalue weighted by atomic mass is 16.6. The average Bonchev–Trinajstić information content (AvgIpc) is 3.26. The number of pyridine rings is 1. The zero-order valence-electron chi connectivity index (χ0n) is 20.3. The number of ether oxygens (including phenoxy) is 2. The molecule has 2 aromatic rings. The molecular formula is C27H34N4O5. The molecule has 192 valence electrons. The van der Waals surface area contributed by atoms with Crippen molar-refractivity contribution >= 4 is 17.6 Å². The van der Waals surface area contributed by atoms with Gasteiger partial charge in [-0.25, -0.2) is 4.79 Å². The molecule has 1 aromatic carbocycles. The highest BCUT2D eigenvalue weighted by Gasteiger charge is 2.46. The number of nitrogens with one attached hydrogen (secondary N) is 3. The quantitative estimate of drug-likeness (QED) is 0.469. The second-order valence-electron chi connectivity index (χ2n) is 9.89. The second-order valence-corrected chi connectivity index (χ2v) is 9.89. The van der Waals surface area contributed by atoms with Crippen molar-refractivity contribution in [2.45, 2.75) is 81.8 Å². The highest BCUT2D eigenvalue weighted by molar-refractivity contribution is 5.89. The Morgan fingerprint density at radius 2 is 1.97 bits per heavy atom. The Bertz CT molecular complexity index is 1060. The summed E-state index contributed by atoms with van der Waals surface area (Å²) in [4.78, 5) is 29.4. The van der Waals surface area contributed by atoms with Gasteiger partial charge in [0.2, 0.25) is 5.91 Å². The largest absolute Gasteiger partial charge is 0.487 e. The van der Waals surface area contributed by atoms with Crippen LogP contribution in [0.25, 0.3) is 0 Å². The molecule has 9 heteroatoms. The summed E-state index contributed by atoms with van der Waals surface area (Å²) in [6, 6.07) is 11.2. The third-order valence-corrected chi connectivity index (χ3v) is 7.30. The third kappa shape index (κ3) is 5.79. The fourth-order valence-electron chi connectivity index (χ4n) is 5.54. The number of aliphatic hydroxyl groups excluding tert-OH is 1. The molecule has 4 N–H and O–H groups in total. The predicted molar refractivity (Wildman–Crippen MR) is 134 cm³/mol. The number of urea groups is 1. The van der Waals surface area contributed by atoms with Gasteiger partial charge in [-0.2, -0.15) is 0 Å². The van der Waals surface area contributed by atoms with Crippen molar-refractivity contribution in [1.82, 2.24) is 15.6 Å². The van der Waals surface area contributed by atoms with E-state index >= 15 is 0 Å². The monoisotopic (exact) mass is 494 g/mol. The first kappa shape index (κ1) is 24.5. The van der Waals surface area contributed by atoms with E-state index in [-0.39, 0.29) is 49.1 Å². The van der Waals surface area contributed by atoms with E-state index in [1.165, 1.54) is 6.42 Å². The predicted octanol–water partition coefficient (Wildman–Crippen LogP) is 3.24. The van der Waals surface area contributed by atoms with E-state index < -0.39 is 6.10 Å². The standard InChI is InChI=1S/C27H34N4O5/c32-16-24-26-22(13-20(35-24)14-25(33)29-15-19-8-4-5-11-28-19)21-12-18(9-10-23(21)36-26)31-27(34)30-17-6-2-1-3-7-17/h4-5,8-12,17,20,22,24,26,32H,1-3,6-7,13-16H2,(H,29,33)(H2,30,31,34)/t20-,22-,24+,26+/m1/s1. The van der Waals surface area contributed by atoms with Gasteiger partial charge in [0.25, 0.3) is 0 Å². The minimum absolute atomic E-state index is 0.0392. The van der Waals surface area contributed by atoms with Crippen LogP contribution < -0.4 is 20.7 Å². The Balaban J connectivity index is 1.21. The van der Waals surface area contributed by atoms with Crippen LogP contribution in [-0.2, 0) is 16.1 Å². The number of carbonyl (C=O) groups excluding carboxylic acids is 2. The minimum Gasteiger partial charge on any atom is -0.487 e. The summed E-state index contributed by atoms with van der Waals surface area (Å²) in [5, 5.41) is 18.9. The van der Waals surface area contributed by atoms with E-state index in [1.54, 1.807) is 6.20 Å². The van der Waals surface area contributed by atoms with Gasteiger partial charge in [-0.05, 0) is 49.6 Å². The van der Waals surface area contributed by atoms with Gasteiger partial charge >= 0.3 is 6.03 Å². The van der Waals surface area contributed by atoms with E-state index in [0.717, 1.165) is 42.7 Å². The molecule has 0 bridgehead atoms. The number of benzene rings is 1. The van der Waals surface area contributed by atoms with Crippen LogP contribution in [0.2, 0.25) is 0 Å². The minimum atomic E-state index is -0.532. The van der Waals surface area contributed by atoms with Crippen LogP contribution in [0.4, 0.5) is 10.5 Å². The Morgan fingerprint density at radius 1 is 1.11 bits per heavy atom. The molecule has 9 nitrogen and oxygen atoms in total. The van der Waals surface area contributed by atoms with Gasteiger partial charge in [0.05, 0.1) is 31.4 Å². The van der Waals surface area contributed by atoms with Crippen LogP contribution in [0.1, 0.15) is 62.1 Å². The highest BCUT2D eigenvalue weighted by Crippen LogP contribution is 2.47. The number of aromatic nitrogens is 1. The number of carbonyl (C=O) groups is 2. The second kappa shape index (κ2) is 11.3. The molecule has 0 radical (unpaired) electrons. The van der Waals surface area contributed by atoms with Gasteiger partial charge in [0.15, 0.2) is 0 Å². The fraction of sp³-hybridized carbons (Fsp3) is 0.519. The van der Waals surface area contributed by atoms with E-state index in [9.17, 15) is 14.7 Å². The number of rotatable bonds is 7. The third-order valence-electron chi connectivity index (χ3n) is 7.30.